The minimum atomic E-state index is -4.76. The number of hydrogen-bond donors (Lipinski definition) is 2. The molecule has 2 aromatic rings. The molecule has 140 valence electrons. The van der Waals surface area contributed by atoms with Crippen LogP contribution in [0.3, 0.4) is 0 Å². The van der Waals surface area contributed by atoms with Crippen molar-refractivity contribution in [3.8, 4) is 16.3 Å². The van der Waals surface area contributed by atoms with Crippen LogP contribution < -0.4 is 10.1 Å². The van der Waals surface area contributed by atoms with Crippen LogP contribution in [0.1, 0.15) is 28.2 Å². The average Bonchev–Trinajstić information content (AvgIpc) is 2.92. The average molecular weight is 388 g/mol. The van der Waals surface area contributed by atoms with E-state index < -0.39 is 12.3 Å². The minimum Gasteiger partial charge on any atom is -0.481 e. The number of aliphatic carboxylic acids is 1. The molecular formula is C16H15F3N2O4S. The van der Waals surface area contributed by atoms with Gasteiger partial charge in [-0.15, -0.1) is 24.5 Å². The number of rotatable bonds is 7. The van der Waals surface area contributed by atoms with Crippen molar-refractivity contribution >= 4 is 23.2 Å². The number of aryl methyl sites for hydroxylation is 1. The lowest BCUT2D eigenvalue weighted by Crippen LogP contribution is -2.24. The van der Waals surface area contributed by atoms with Gasteiger partial charge in [-0.3, -0.25) is 9.59 Å². The van der Waals surface area contributed by atoms with E-state index in [-0.39, 0.29) is 24.6 Å². The molecule has 0 saturated carbocycles. The first-order valence-corrected chi connectivity index (χ1v) is 8.31. The highest BCUT2D eigenvalue weighted by Crippen LogP contribution is 2.30. The van der Waals surface area contributed by atoms with Gasteiger partial charge in [0.25, 0.3) is 5.91 Å². The van der Waals surface area contributed by atoms with E-state index >= 15 is 0 Å². The zero-order chi connectivity index (χ0) is 19.3. The third-order valence-corrected chi connectivity index (χ3v) is 4.40. The number of benzene rings is 1. The summed E-state index contributed by atoms with van der Waals surface area (Å²) in [5.41, 5.74) is 1.04. The number of halogens is 3. The van der Waals surface area contributed by atoms with E-state index in [1.54, 1.807) is 6.92 Å². The number of ether oxygens (including phenoxy) is 1. The van der Waals surface area contributed by atoms with Gasteiger partial charge in [-0.25, -0.2) is 4.98 Å². The Morgan fingerprint density at radius 1 is 1.27 bits per heavy atom. The summed E-state index contributed by atoms with van der Waals surface area (Å²) in [7, 11) is 0. The molecule has 1 aromatic carbocycles. The number of nitrogens with zero attached hydrogens (tertiary/aromatic N) is 1. The zero-order valence-corrected chi connectivity index (χ0v) is 14.4. The summed E-state index contributed by atoms with van der Waals surface area (Å²) in [5, 5.41) is 11.7. The maximum Gasteiger partial charge on any atom is 0.573 e. The van der Waals surface area contributed by atoms with E-state index in [4.69, 9.17) is 5.11 Å². The Labute approximate surface area is 150 Å². The van der Waals surface area contributed by atoms with Gasteiger partial charge in [-0.1, -0.05) is 0 Å². The van der Waals surface area contributed by atoms with Crippen molar-refractivity contribution in [2.24, 2.45) is 0 Å². The number of carboxylic acid groups (broad SMARTS) is 1. The van der Waals surface area contributed by atoms with Crippen molar-refractivity contribution < 1.29 is 32.6 Å². The second-order valence-electron chi connectivity index (χ2n) is 5.26. The molecule has 1 amide bonds. The predicted octanol–water partition coefficient (Wildman–Crippen LogP) is 3.61. The molecule has 0 fully saturated rings. The Morgan fingerprint density at radius 2 is 1.92 bits per heavy atom. The van der Waals surface area contributed by atoms with Crippen LogP contribution in [0.15, 0.2) is 24.3 Å². The highest BCUT2D eigenvalue weighted by atomic mass is 32.1. The number of nitrogens with one attached hydrogen (secondary N) is 1. The molecule has 0 saturated heterocycles. The van der Waals surface area contributed by atoms with Crippen LogP contribution in [0.25, 0.3) is 10.6 Å². The lowest BCUT2D eigenvalue weighted by molar-refractivity contribution is -0.274. The van der Waals surface area contributed by atoms with E-state index in [2.05, 4.69) is 15.0 Å². The Morgan fingerprint density at radius 3 is 2.50 bits per heavy atom. The van der Waals surface area contributed by atoms with Crippen LogP contribution in [0.5, 0.6) is 5.75 Å². The summed E-state index contributed by atoms with van der Waals surface area (Å²) in [6, 6.07) is 5.19. The van der Waals surface area contributed by atoms with Gasteiger partial charge in [0, 0.05) is 18.5 Å². The predicted molar refractivity (Wildman–Crippen MR) is 88.2 cm³/mol. The molecular weight excluding hydrogens is 373 g/mol. The van der Waals surface area contributed by atoms with E-state index in [0.29, 0.717) is 27.6 Å². The highest BCUT2D eigenvalue weighted by molar-refractivity contribution is 7.17. The van der Waals surface area contributed by atoms with Crippen LogP contribution >= 0.6 is 11.3 Å². The molecule has 0 radical (unpaired) electrons. The first-order chi connectivity index (χ1) is 12.2. The molecule has 0 aliphatic carbocycles. The number of carbonyl (C=O) groups excluding carboxylic acids is 1. The lowest BCUT2D eigenvalue weighted by atomic mass is 10.2. The van der Waals surface area contributed by atoms with Gasteiger partial charge in [0.15, 0.2) is 0 Å². The van der Waals surface area contributed by atoms with Crippen molar-refractivity contribution in [2.75, 3.05) is 6.54 Å². The standard InChI is InChI=1S/C16H15F3N2O4S/c1-9-13(14(24)20-8-2-3-12(22)23)26-15(21-9)10-4-6-11(7-5-10)25-16(17,18)19/h4-7H,2-3,8H2,1H3,(H,20,24)(H,22,23). The van der Waals surface area contributed by atoms with Crippen molar-refractivity contribution in [1.82, 2.24) is 10.3 Å². The fourth-order valence-corrected chi connectivity index (χ4v) is 3.04. The van der Waals surface area contributed by atoms with Gasteiger partial charge in [-0.2, -0.15) is 0 Å². The molecule has 0 atom stereocenters. The van der Waals surface area contributed by atoms with Gasteiger partial charge in [-0.05, 0) is 37.6 Å². The van der Waals surface area contributed by atoms with Crippen LogP contribution in [0.2, 0.25) is 0 Å². The maximum absolute atomic E-state index is 12.2. The number of carbonyl (C=O) groups is 2. The van der Waals surface area contributed by atoms with Crippen molar-refractivity contribution in [1.29, 1.82) is 0 Å². The van der Waals surface area contributed by atoms with Crippen LogP contribution in [0.4, 0.5) is 13.2 Å². The monoisotopic (exact) mass is 388 g/mol. The zero-order valence-electron chi connectivity index (χ0n) is 13.6. The maximum atomic E-state index is 12.2. The molecule has 6 nitrogen and oxygen atoms in total. The number of alkyl halides is 3. The fraction of sp³-hybridized carbons (Fsp3) is 0.312. The van der Waals surface area contributed by atoms with Crippen LogP contribution in [-0.4, -0.2) is 34.9 Å². The second-order valence-corrected chi connectivity index (χ2v) is 6.26. The summed E-state index contributed by atoms with van der Waals surface area (Å²) >= 11 is 1.10. The number of aromatic nitrogens is 1. The first-order valence-electron chi connectivity index (χ1n) is 7.49. The molecule has 2 rings (SSSR count). The molecule has 1 aromatic heterocycles. The van der Waals surface area contributed by atoms with Gasteiger partial charge < -0.3 is 15.2 Å². The second kappa shape index (κ2) is 8.17. The molecule has 0 aliphatic heterocycles. The SMILES string of the molecule is Cc1nc(-c2ccc(OC(F)(F)F)cc2)sc1C(=O)NCCCC(=O)O. The highest BCUT2D eigenvalue weighted by Gasteiger charge is 2.31. The van der Waals surface area contributed by atoms with Crippen molar-refractivity contribution in [2.45, 2.75) is 26.1 Å². The minimum absolute atomic E-state index is 0.0421. The lowest BCUT2D eigenvalue weighted by Gasteiger charge is -2.08. The molecule has 0 spiro atoms. The number of thiazole rings is 1. The van der Waals surface area contributed by atoms with Gasteiger partial charge in [0.1, 0.15) is 15.6 Å². The van der Waals surface area contributed by atoms with Gasteiger partial charge in [0.2, 0.25) is 0 Å². The number of carboxylic acids is 1. The summed E-state index contributed by atoms with van der Waals surface area (Å²) in [6.07, 6.45) is -4.49. The topological polar surface area (TPSA) is 88.5 Å². The Kier molecular flexibility index (Phi) is 6.19. The van der Waals surface area contributed by atoms with Gasteiger partial charge >= 0.3 is 12.3 Å². The Balaban J connectivity index is 2.04. The molecule has 0 aliphatic rings. The summed E-state index contributed by atoms with van der Waals surface area (Å²) in [5.74, 6) is -1.65. The van der Waals surface area contributed by atoms with E-state index in [1.165, 1.54) is 24.3 Å². The summed E-state index contributed by atoms with van der Waals surface area (Å²) in [4.78, 5) is 27.2. The van der Waals surface area contributed by atoms with E-state index in [1.807, 2.05) is 0 Å². The molecule has 10 heteroatoms. The molecule has 1 heterocycles. The molecule has 26 heavy (non-hydrogen) atoms. The summed E-state index contributed by atoms with van der Waals surface area (Å²) in [6.45, 7) is 1.87. The van der Waals surface area contributed by atoms with Crippen molar-refractivity contribution in [3.63, 3.8) is 0 Å². The Bertz CT molecular complexity index is 788. The molecule has 0 bridgehead atoms. The number of hydrogen-bond acceptors (Lipinski definition) is 5. The summed E-state index contributed by atoms with van der Waals surface area (Å²) < 4.78 is 40.3. The smallest absolute Gasteiger partial charge is 0.481 e. The normalized spacial score (nSPS) is 11.2. The molecule has 2 N–H and O–H groups in total. The van der Waals surface area contributed by atoms with Gasteiger partial charge in [0.05, 0.1) is 5.69 Å². The fourth-order valence-electron chi connectivity index (χ4n) is 2.05. The first kappa shape index (κ1) is 19.7. The van der Waals surface area contributed by atoms with E-state index in [9.17, 15) is 22.8 Å². The van der Waals surface area contributed by atoms with Crippen molar-refractivity contribution in [3.05, 3.63) is 34.8 Å². The number of amides is 1. The molecule has 0 unspecified atom stereocenters. The third-order valence-electron chi connectivity index (χ3n) is 3.19. The van der Waals surface area contributed by atoms with Crippen LogP contribution in [-0.2, 0) is 4.79 Å². The van der Waals surface area contributed by atoms with Crippen LogP contribution in [0, 0.1) is 6.92 Å². The Hall–Kier alpha value is -2.62. The third kappa shape index (κ3) is 5.73. The quantitative estimate of drug-likeness (QED) is 0.708. The largest absolute Gasteiger partial charge is 0.573 e. The van der Waals surface area contributed by atoms with E-state index in [0.717, 1.165) is 11.3 Å².